The van der Waals surface area contributed by atoms with E-state index >= 15 is 0 Å². The summed E-state index contributed by atoms with van der Waals surface area (Å²) in [5.41, 5.74) is 7.61. The standard InChI is InChI=1S/C25H28F2N8O.C2H2/c1-15(33(2)24(36)20-9-8-17(14-29-20)34-10-3-4-11-34)6-5-7-21-30-23-18-12-16(26)13-19(27)22(18)31-25(28)35(23)32-21;1-2/h8-9,12-15H,3-7,10-11H2,1-2H3,(H2,28,31);1-2H/t15-;/m0./s1. The molecule has 2 N–H and O–H groups in total. The summed E-state index contributed by atoms with van der Waals surface area (Å²) in [5, 5.41) is 4.58. The number of nitrogen functional groups attached to an aromatic ring is 1. The molecule has 1 aliphatic rings. The predicted molar refractivity (Wildman–Crippen MR) is 143 cm³/mol. The molecule has 0 saturated carbocycles. The van der Waals surface area contributed by atoms with Gasteiger partial charge < -0.3 is 15.5 Å². The summed E-state index contributed by atoms with van der Waals surface area (Å²) < 4.78 is 29.2. The zero-order valence-electron chi connectivity index (χ0n) is 21.4. The van der Waals surface area contributed by atoms with Crippen LogP contribution in [0.2, 0.25) is 0 Å². The minimum atomic E-state index is -0.801. The van der Waals surface area contributed by atoms with Crippen LogP contribution in [-0.2, 0) is 6.42 Å². The minimum absolute atomic E-state index is 0.0243. The van der Waals surface area contributed by atoms with E-state index in [-0.39, 0.29) is 34.4 Å². The normalized spacial score (nSPS) is 13.9. The average molecular weight is 521 g/mol. The summed E-state index contributed by atoms with van der Waals surface area (Å²) in [6, 6.07) is 5.65. The van der Waals surface area contributed by atoms with Crippen molar-refractivity contribution in [1.82, 2.24) is 29.5 Å². The van der Waals surface area contributed by atoms with Crippen LogP contribution in [0.4, 0.5) is 20.4 Å². The molecule has 0 bridgehead atoms. The molecule has 198 valence electrons. The molecule has 3 aromatic heterocycles. The van der Waals surface area contributed by atoms with E-state index < -0.39 is 11.6 Å². The highest BCUT2D eigenvalue weighted by Gasteiger charge is 2.21. The van der Waals surface area contributed by atoms with Crippen molar-refractivity contribution < 1.29 is 13.6 Å². The molecule has 5 rings (SSSR count). The number of halogens is 2. The van der Waals surface area contributed by atoms with Crippen LogP contribution < -0.4 is 10.6 Å². The van der Waals surface area contributed by atoms with Gasteiger partial charge in [-0.2, -0.15) is 4.52 Å². The Morgan fingerprint density at radius 3 is 2.61 bits per heavy atom. The summed E-state index contributed by atoms with van der Waals surface area (Å²) >= 11 is 0. The van der Waals surface area contributed by atoms with E-state index in [1.165, 1.54) is 23.4 Å². The number of rotatable bonds is 7. The van der Waals surface area contributed by atoms with Gasteiger partial charge in [-0.25, -0.2) is 23.7 Å². The van der Waals surface area contributed by atoms with Gasteiger partial charge in [-0.05, 0) is 50.8 Å². The number of hydrogen-bond donors (Lipinski definition) is 1. The highest BCUT2D eigenvalue weighted by molar-refractivity contribution is 5.93. The fourth-order valence-corrected chi connectivity index (χ4v) is 4.61. The van der Waals surface area contributed by atoms with Gasteiger partial charge in [0.15, 0.2) is 17.3 Å². The molecule has 1 aromatic carbocycles. The second-order valence-corrected chi connectivity index (χ2v) is 9.27. The summed E-state index contributed by atoms with van der Waals surface area (Å²) in [5.74, 6) is -1.19. The molecule has 1 fully saturated rings. The fourth-order valence-electron chi connectivity index (χ4n) is 4.61. The smallest absolute Gasteiger partial charge is 0.272 e. The number of carbonyl (C=O) groups excluding carboxylic acids is 1. The molecule has 1 atom stereocenters. The van der Waals surface area contributed by atoms with Crippen molar-refractivity contribution in [3.8, 4) is 12.8 Å². The molecule has 1 aliphatic heterocycles. The van der Waals surface area contributed by atoms with Crippen LogP contribution in [0.25, 0.3) is 16.6 Å². The lowest BCUT2D eigenvalue weighted by molar-refractivity contribution is 0.0730. The Morgan fingerprint density at radius 2 is 1.92 bits per heavy atom. The van der Waals surface area contributed by atoms with E-state index in [1.807, 2.05) is 13.0 Å². The van der Waals surface area contributed by atoms with Gasteiger partial charge in [0.1, 0.15) is 17.0 Å². The van der Waals surface area contributed by atoms with E-state index in [4.69, 9.17) is 5.73 Å². The van der Waals surface area contributed by atoms with Gasteiger partial charge in [0.2, 0.25) is 5.95 Å². The topological polar surface area (TPSA) is 106 Å². The number of pyridine rings is 1. The van der Waals surface area contributed by atoms with Crippen LogP contribution in [0.15, 0.2) is 30.5 Å². The highest BCUT2D eigenvalue weighted by Crippen LogP contribution is 2.24. The SMILES string of the molecule is C#C.C[C@@H](CCCc1nc2c3cc(F)cc(F)c3nc(N)n2n1)N(C)C(=O)c1ccc(N2CCCC2)cn1. The number of nitrogens with two attached hydrogens (primary N) is 1. The quantitative estimate of drug-likeness (QED) is 0.369. The van der Waals surface area contributed by atoms with E-state index in [1.54, 1.807) is 24.2 Å². The number of aromatic nitrogens is 5. The molecule has 0 spiro atoms. The molecule has 38 heavy (non-hydrogen) atoms. The van der Waals surface area contributed by atoms with Gasteiger partial charge in [0.05, 0.1) is 17.3 Å². The van der Waals surface area contributed by atoms with E-state index in [0.29, 0.717) is 30.8 Å². The van der Waals surface area contributed by atoms with Crippen LogP contribution >= 0.6 is 0 Å². The molecule has 9 nitrogen and oxygen atoms in total. The van der Waals surface area contributed by atoms with Gasteiger partial charge in [0, 0.05) is 38.7 Å². The maximum absolute atomic E-state index is 14.2. The minimum Gasteiger partial charge on any atom is -0.370 e. The van der Waals surface area contributed by atoms with Crippen LogP contribution in [-0.4, -0.2) is 61.6 Å². The van der Waals surface area contributed by atoms with E-state index in [0.717, 1.165) is 24.8 Å². The molecule has 11 heteroatoms. The third kappa shape index (κ3) is 5.34. The molecule has 0 aliphatic carbocycles. The van der Waals surface area contributed by atoms with E-state index in [9.17, 15) is 13.6 Å². The maximum atomic E-state index is 14.2. The molecular weight excluding hydrogens is 490 g/mol. The number of anilines is 2. The van der Waals surface area contributed by atoms with Crippen molar-refractivity contribution >= 4 is 34.1 Å². The zero-order chi connectivity index (χ0) is 27.4. The zero-order valence-corrected chi connectivity index (χ0v) is 21.4. The molecule has 1 amide bonds. The lowest BCUT2D eigenvalue weighted by Crippen LogP contribution is -2.35. The first-order chi connectivity index (χ1) is 18.3. The number of hydrogen-bond acceptors (Lipinski definition) is 7. The van der Waals surface area contributed by atoms with Crippen molar-refractivity contribution in [2.45, 2.75) is 45.1 Å². The Hall–Kier alpha value is -4.33. The lowest BCUT2D eigenvalue weighted by atomic mass is 10.1. The summed E-state index contributed by atoms with van der Waals surface area (Å²) in [6.45, 7) is 4.04. The second-order valence-electron chi connectivity index (χ2n) is 9.27. The molecule has 1 saturated heterocycles. The number of terminal acetylenes is 1. The van der Waals surface area contributed by atoms with Crippen molar-refractivity contribution in [2.75, 3.05) is 30.8 Å². The largest absolute Gasteiger partial charge is 0.370 e. The van der Waals surface area contributed by atoms with Crippen LogP contribution in [0.5, 0.6) is 0 Å². The number of amides is 1. The van der Waals surface area contributed by atoms with Gasteiger partial charge in [-0.15, -0.1) is 17.9 Å². The monoisotopic (exact) mass is 520 g/mol. The van der Waals surface area contributed by atoms with Crippen molar-refractivity contribution in [2.24, 2.45) is 0 Å². The highest BCUT2D eigenvalue weighted by atomic mass is 19.1. The Balaban J connectivity index is 0.00000164. The summed E-state index contributed by atoms with van der Waals surface area (Å²) in [7, 11) is 1.77. The predicted octanol–water partition coefficient (Wildman–Crippen LogP) is 3.87. The molecule has 4 aromatic rings. The number of nitrogens with zero attached hydrogens (tertiary/aromatic N) is 7. The average Bonchev–Trinajstić information content (AvgIpc) is 3.61. The Kier molecular flexibility index (Phi) is 8.00. The first-order valence-electron chi connectivity index (χ1n) is 12.4. The number of carbonyl (C=O) groups is 1. The maximum Gasteiger partial charge on any atom is 0.272 e. The van der Waals surface area contributed by atoms with Crippen molar-refractivity contribution in [3.05, 3.63) is 53.6 Å². The first-order valence-corrected chi connectivity index (χ1v) is 12.4. The third-order valence-electron chi connectivity index (χ3n) is 6.81. The Labute approximate surface area is 219 Å². The fraction of sp³-hybridized carbons (Fsp3) is 0.370. The van der Waals surface area contributed by atoms with Gasteiger partial charge in [-0.3, -0.25) is 4.79 Å². The summed E-state index contributed by atoms with van der Waals surface area (Å²) in [4.78, 5) is 29.8. The second kappa shape index (κ2) is 11.4. The summed E-state index contributed by atoms with van der Waals surface area (Å²) in [6.07, 6.45) is 14.1. The van der Waals surface area contributed by atoms with Crippen molar-refractivity contribution in [3.63, 3.8) is 0 Å². The number of fused-ring (bicyclic) bond motifs is 3. The Morgan fingerprint density at radius 1 is 1.18 bits per heavy atom. The molecular formula is C27H30F2N8O. The van der Waals surface area contributed by atoms with Gasteiger partial charge >= 0.3 is 0 Å². The van der Waals surface area contributed by atoms with Crippen molar-refractivity contribution in [1.29, 1.82) is 0 Å². The molecule has 0 unspecified atom stereocenters. The third-order valence-corrected chi connectivity index (χ3v) is 6.81. The van der Waals surface area contributed by atoms with Gasteiger partial charge in [0.25, 0.3) is 5.91 Å². The first kappa shape index (κ1) is 26.7. The van der Waals surface area contributed by atoms with Crippen LogP contribution in [0, 0.1) is 24.5 Å². The van der Waals surface area contributed by atoms with Crippen LogP contribution in [0.1, 0.15) is 48.9 Å². The Bertz CT molecular complexity index is 1460. The lowest BCUT2D eigenvalue weighted by Gasteiger charge is -2.25. The number of aryl methyl sites for hydroxylation is 1. The van der Waals surface area contributed by atoms with Crippen LogP contribution in [0.3, 0.4) is 0 Å². The molecule has 0 radical (unpaired) electrons. The molecule has 4 heterocycles. The van der Waals surface area contributed by atoms with E-state index in [2.05, 4.69) is 37.8 Å². The number of benzene rings is 1. The van der Waals surface area contributed by atoms with Gasteiger partial charge in [-0.1, -0.05) is 0 Å².